The minimum Gasteiger partial charge on any atom is -0.481 e. The van der Waals surface area contributed by atoms with Gasteiger partial charge in [-0.1, -0.05) is 0 Å². The largest absolute Gasteiger partial charge is 0.481 e. The van der Waals surface area contributed by atoms with Crippen molar-refractivity contribution >= 4 is 11.7 Å². The van der Waals surface area contributed by atoms with Gasteiger partial charge in [-0.05, 0) is 39.7 Å². The van der Waals surface area contributed by atoms with Gasteiger partial charge in [0.2, 0.25) is 11.8 Å². The molecule has 3 aromatic rings. The number of hydrogen-bond acceptors (Lipinski definition) is 7. The highest BCUT2D eigenvalue weighted by Crippen LogP contribution is 2.32. The van der Waals surface area contributed by atoms with Crippen LogP contribution in [0.1, 0.15) is 45.2 Å². The van der Waals surface area contributed by atoms with Gasteiger partial charge in [0.15, 0.2) is 5.65 Å². The van der Waals surface area contributed by atoms with Crippen LogP contribution >= 0.6 is 0 Å². The van der Waals surface area contributed by atoms with Gasteiger partial charge in [0, 0.05) is 48.5 Å². The summed E-state index contributed by atoms with van der Waals surface area (Å²) in [5.74, 6) is 1.21. The molecular formula is C23H29N5O4. The van der Waals surface area contributed by atoms with Gasteiger partial charge in [0.1, 0.15) is 5.60 Å². The second-order valence-corrected chi connectivity index (χ2v) is 8.87. The molecular weight excluding hydrogens is 410 g/mol. The minimum atomic E-state index is -0.524. The van der Waals surface area contributed by atoms with E-state index in [4.69, 9.17) is 19.2 Å². The third-order valence-electron chi connectivity index (χ3n) is 5.42. The number of methoxy groups -OCH3 is 2. The molecule has 9 nitrogen and oxygen atoms in total. The number of piperidine rings is 1. The molecule has 0 radical (unpaired) electrons. The van der Waals surface area contributed by atoms with Crippen LogP contribution in [-0.2, 0) is 4.74 Å². The first-order valence-corrected chi connectivity index (χ1v) is 10.7. The molecule has 0 bridgehead atoms. The molecule has 1 aliphatic rings. The Balaban J connectivity index is 1.67. The second-order valence-electron chi connectivity index (χ2n) is 8.87. The number of fused-ring (bicyclic) bond motifs is 1. The Bertz CT molecular complexity index is 1100. The van der Waals surface area contributed by atoms with Crippen molar-refractivity contribution in [1.82, 2.24) is 24.5 Å². The van der Waals surface area contributed by atoms with Gasteiger partial charge in [-0.25, -0.2) is 14.8 Å². The molecule has 1 saturated heterocycles. The Kier molecular flexibility index (Phi) is 5.90. The molecule has 0 N–H and O–H groups in total. The van der Waals surface area contributed by atoms with Crippen LogP contribution in [0.2, 0.25) is 0 Å². The Labute approximate surface area is 187 Å². The molecule has 1 unspecified atom stereocenters. The monoisotopic (exact) mass is 439 g/mol. The SMILES string of the molecule is COc1ccc(-c2cnn3c(OC)cc(C4CCCN(C(=O)OC(C)(C)C)C4)nc23)cn1. The van der Waals surface area contributed by atoms with E-state index < -0.39 is 5.60 Å². The van der Waals surface area contributed by atoms with Crippen LogP contribution in [0.15, 0.2) is 30.6 Å². The van der Waals surface area contributed by atoms with Gasteiger partial charge in [0.25, 0.3) is 0 Å². The summed E-state index contributed by atoms with van der Waals surface area (Å²) in [5.41, 5.74) is 2.75. The number of nitrogens with zero attached hydrogens (tertiary/aromatic N) is 5. The fourth-order valence-corrected chi connectivity index (χ4v) is 3.88. The zero-order chi connectivity index (χ0) is 22.9. The molecule has 0 saturated carbocycles. The topological polar surface area (TPSA) is 91.1 Å². The predicted molar refractivity (Wildman–Crippen MR) is 119 cm³/mol. The van der Waals surface area contributed by atoms with Crippen LogP contribution in [0.5, 0.6) is 11.8 Å². The van der Waals surface area contributed by atoms with E-state index in [-0.39, 0.29) is 12.0 Å². The average Bonchev–Trinajstić information content (AvgIpc) is 3.21. The molecule has 0 aromatic carbocycles. The smallest absolute Gasteiger partial charge is 0.410 e. The van der Waals surface area contributed by atoms with Crippen molar-refractivity contribution in [2.45, 2.75) is 45.1 Å². The molecule has 1 atom stereocenters. The van der Waals surface area contributed by atoms with Crippen molar-refractivity contribution in [1.29, 1.82) is 0 Å². The summed E-state index contributed by atoms with van der Waals surface area (Å²) in [7, 11) is 3.20. The molecule has 1 amide bonds. The quantitative estimate of drug-likeness (QED) is 0.608. The van der Waals surface area contributed by atoms with Crippen molar-refractivity contribution in [3.05, 3.63) is 36.3 Å². The van der Waals surface area contributed by atoms with Gasteiger partial charge < -0.3 is 19.1 Å². The molecule has 0 aliphatic carbocycles. The van der Waals surface area contributed by atoms with Crippen LogP contribution in [0.3, 0.4) is 0 Å². The molecule has 3 aromatic heterocycles. The number of likely N-dealkylation sites (tertiary alicyclic amines) is 1. The summed E-state index contributed by atoms with van der Waals surface area (Å²) < 4.78 is 18.0. The number of pyridine rings is 1. The number of aromatic nitrogens is 4. The lowest BCUT2D eigenvalue weighted by Crippen LogP contribution is -2.42. The van der Waals surface area contributed by atoms with E-state index in [1.54, 1.807) is 42.1 Å². The Morgan fingerprint density at radius 2 is 1.97 bits per heavy atom. The number of hydrogen-bond donors (Lipinski definition) is 0. The highest BCUT2D eigenvalue weighted by Gasteiger charge is 2.30. The number of rotatable bonds is 4. The molecule has 0 spiro atoms. The predicted octanol–water partition coefficient (Wildman–Crippen LogP) is 3.92. The first-order valence-electron chi connectivity index (χ1n) is 10.7. The van der Waals surface area contributed by atoms with Crippen molar-refractivity contribution in [3.63, 3.8) is 0 Å². The van der Waals surface area contributed by atoms with Gasteiger partial charge >= 0.3 is 6.09 Å². The maximum atomic E-state index is 12.6. The summed E-state index contributed by atoms with van der Waals surface area (Å²) in [6.07, 6.45) is 5.02. The van der Waals surface area contributed by atoms with Gasteiger partial charge in [-0.3, -0.25) is 0 Å². The molecule has 4 rings (SSSR count). The van der Waals surface area contributed by atoms with Crippen molar-refractivity contribution in [2.75, 3.05) is 27.3 Å². The maximum Gasteiger partial charge on any atom is 0.410 e. The third-order valence-corrected chi connectivity index (χ3v) is 5.42. The molecule has 170 valence electrons. The first-order chi connectivity index (χ1) is 15.3. The lowest BCUT2D eigenvalue weighted by atomic mass is 9.94. The van der Waals surface area contributed by atoms with Gasteiger partial charge in [0.05, 0.1) is 26.1 Å². The van der Waals surface area contributed by atoms with E-state index in [0.717, 1.165) is 29.7 Å². The summed E-state index contributed by atoms with van der Waals surface area (Å²) in [5, 5.41) is 4.46. The van der Waals surface area contributed by atoms with Crippen LogP contribution in [0, 0.1) is 0 Å². The summed E-state index contributed by atoms with van der Waals surface area (Å²) in [4.78, 5) is 23.6. The molecule has 32 heavy (non-hydrogen) atoms. The molecule has 1 fully saturated rings. The number of carbonyl (C=O) groups is 1. The van der Waals surface area contributed by atoms with E-state index in [9.17, 15) is 4.79 Å². The van der Waals surface area contributed by atoms with Crippen molar-refractivity contribution in [3.8, 4) is 22.9 Å². The summed E-state index contributed by atoms with van der Waals surface area (Å²) in [6.45, 7) is 6.86. The zero-order valence-corrected chi connectivity index (χ0v) is 19.2. The van der Waals surface area contributed by atoms with Crippen molar-refractivity contribution < 1.29 is 19.0 Å². The van der Waals surface area contributed by atoms with Gasteiger partial charge in [-0.15, -0.1) is 0 Å². The van der Waals surface area contributed by atoms with E-state index in [1.165, 1.54) is 0 Å². The number of ether oxygens (including phenoxy) is 3. The lowest BCUT2D eigenvalue weighted by Gasteiger charge is -2.34. The fraction of sp³-hybridized carbons (Fsp3) is 0.478. The number of carbonyl (C=O) groups excluding carboxylic acids is 1. The highest BCUT2D eigenvalue weighted by atomic mass is 16.6. The van der Waals surface area contributed by atoms with Crippen LogP contribution in [0.4, 0.5) is 4.79 Å². The Hall–Kier alpha value is -3.36. The van der Waals surface area contributed by atoms with E-state index in [1.807, 2.05) is 32.9 Å². The van der Waals surface area contributed by atoms with Crippen LogP contribution in [0.25, 0.3) is 16.8 Å². The van der Waals surface area contributed by atoms with Gasteiger partial charge in [-0.2, -0.15) is 9.61 Å². The average molecular weight is 440 g/mol. The van der Waals surface area contributed by atoms with E-state index >= 15 is 0 Å². The molecule has 9 heteroatoms. The van der Waals surface area contributed by atoms with Crippen LogP contribution < -0.4 is 9.47 Å². The molecule has 1 aliphatic heterocycles. The molecule has 4 heterocycles. The Morgan fingerprint density at radius 3 is 2.62 bits per heavy atom. The fourth-order valence-electron chi connectivity index (χ4n) is 3.88. The standard InChI is InChI=1S/C23H29N5O4/c1-23(2,3)32-22(29)27-10-6-7-16(14-27)18-11-20(31-5)28-21(26-18)17(13-25-28)15-8-9-19(30-4)24-12-15/h8-9,11-13,16H,6-7,10,14H2,1-5H3. The minimum absolute atomic E-state index is 0.0758. The third kappa shape index (κ3) is 4.46. The maximum absolute atomic E-state index is 12.6. The summed E-state index contributed by atoms with van der Waals surface area (Å²) in [6, 6.07) is 5.63. The normalized spacial score (nSPS) is 16.8. The lowest BCUT2D eigenvalue weighted by molar-refractivity contribution is 0.0197. The highest BCUT2D eigenvalue weighted by molar-refractivity contribution is 5.77. The van der Waals surface area contributed by atoms with Crippen LogP contribution in [-0.4, -0.2) is 63.5 Å². The van der Waals surface area contributed by atoms with E-state index in [0.29, 0.717) is 30.5 Å². The van der Waals surface area contributed by atoms with Crippen molar-refractivity contribution in [2.24, 2.45) is 0 Å². The number of amides is 1. The summed E-state index contributed by atoms with van der Waals surface area (Å²) >= 11 is 0. The Morgan fingerprint density at radius 1 is 1.16 bits per heavy atom. The first kappa shape index (κ1) is 21.9. The zero-order valence-electron chi connectivity index (χ0n) is 19.2. The van der Waals surface area contributed by atoms with E-state index in [2.05, 4.69) is 10.1 Å². The second kappa shape index (κ2) is 8.64.